The number of amides is 1. The Morgan fingerprint density at radius 2 is 2.33 bits per heavy atom. The van der Waals surface area contributed by atoms with E-state index in [0.717, 1.165) is 17.8 Å². The molecule has 18 heavy (non-hydrogen) atoms. The van der Waals surface area contributed by atoms with E-state index in [9.17, 15) is 4.79 Å². The smallest absolute Gasteiger partial charge is 0.220 e. The number of nitrogen functional groups attached to an aromatic ring is 1. The molecule has 1 aliphatic rings. The maximum absolute atomic E-state index is 11.1. The molecule has 0 saturated carbocycles. The monoisotopic (exact) mass is 249 g/mol. The van der Waals surface area contributed by atoms with Gasteiger partial charge in [-0.1, -0.05) is 13.8 Å². The van der Waals surface area contributed by atoms with Crippen molar-refractivity contribution in [3.05, 3.63) is 11.9 Å². The van der Waals surface area contributed by atoms with Gasteiger partial charge in [-0.3, -0.25) is 4.79 Å². The van der Waals surface area contributed by atoms with E-state index in [2.05, 4.69) is 34.4 Å². The van der Waals surface area contributed by atoms with Gasteiger partial charge in [0.05, 0.1) is 0 Å². The first-order chi connectivity index (χ1) is 8.58. The molecule has 1 aliphatic heterocycles. The number of rotatable bonds is 4. The fraction of sp³-hybridized carbons (Fsp3) is 0.583. The number of aromatic nitrogens is 2. The van der Waals surface area contributed by atoms with Crippen LogP contribution in [0.2, 0.25) is 0 Å². The standard InChI is InChI=1S/C12H19N5O/c1-7(2)10-11(13)15-6-16-12(10)14-5-8-3-4-9(18)17-8/h6-8H,3-5H2,1-2H3,(H,17,18)(H3,13,14,15,16). The average molecular weight is 249 g/mol. The molecule has 1 amide bonds. The Kier molecular flexibility index (Phi) is 3.64. The van der Waals surface area contributed by atoms with E-state index >= 15 is 0 Å². The molecule has 4 N–H and O–H groups in total. The van der Waals surface area contributed by atoms with Crippen LogP contribution in [0.3, 0.4) is 0 Å². The third-order valence-electron chi connectivity index (χ3n) is 3.09. The predicted molar refractivity (Wildman–Crippen MR) is 70.2 cm³/mol. The molecule has 2 rings (SSSR count). The van der Waals surface area contributed by atoms with E-state index in [1.165, 1.54) is 6.33 Å². The zero-order chi connectivity index (χ0) is 13.1. The number of nitrogens with zero attached hydrogens (tertiary/aromatic N) is 2. The minimum atomic E-state index is 0.119. The van der Waals surface area contributed by atoms with Crippen LogP contribution >= 0.6 is 0 Å². The highest BCUT2D eigenvalue weighted by molar-refractivity contribution is 5.78. The number of carbonyl (C=O) groups is 1. The maximum atomic E-state index is 11.1. The van der Waals surface area contributed by atoms with E-state index in [4.69, 9.17) is 5.73 Å². The molecule has 1 aromatic heterocycles. The first-order valence-electron chi connectivity index (χ1n) is 6.21. The van der Waals surface area contributed by atoms with E-state index in [1.54, 1.807) is 0 Å². The third kappa shape index (κ3) is 2.69. The lowest BCUT2D eigenvalue weighted by Crippen LogP contribution is -2.32. The van der Waals surface area contributed by atoms with Crippen molar-refractivity contribution >= 4 is 17.5 Å². The summed E-state index contributed by atoms with van der Waals surface area (Å²) < 4.78 is 0. The third-order valence-corrected chi connectivity index (χ3v) is 3.09. The van der Waals surface area contributed by atoms with Gasteiger partial charge in [0, 0.05) is 24.6 Å². The summed E-state index contributed by atoms with van der Waals surface area (Å²) in [5.41, 5.74) is 6.80. The second kappa shape index (κ2) is 5.20. The number of nitrogens with two attached hydrogens (primary N) is 1. The van der Waals surface area contributed by atoms with Crippen LogP contribution in [0.15, 0.2) is 6.33 Å². The molecule has 2 heterocycles. The molecule has 0 spiro atoms. The Bertz CT molecular complexity index is 446. The Hall–Kier alpha value is -1.85. The van der Waals surface area contributed by atoms with Crippen molar-refractivity contribution < 1.29 is 4.79 Å². The minimum Gasteiger partial charge on any atom is -0.383 e. The zero-order valence-electron chi connectivity index (χ0n) is 10.7. The molecule has 1 aromatic rings. The summed E-state index contributed by atoms with van der Waals surface area (Å²) in [4.78, 5) is 19.3. The lowest BCUT2D eigenvalue weighted by Gasteiger charge is -2.17. The van der Waals surface area contributed by atoms with Gasteiger partial charge in [0.1, 0.15) is 18.0 Å². The van der Waals surface area contributed by atoms with Crippen molar-refractivity contribution in [3.63, 3.8) is 0 Å². The fourth-order valence-electron chi connectivity index (χ4n) is 2.17. The summed E-state index contributed by atoms with van der Waals surface area (Å²) in [5.74, 6) is 1.65. The van der Waals surface area contributed by atoms with Crippen molar-refractivity contribution in [2.24, 2.45) is 0 Å². The van der Waals surface area contributed by atoms with Gasteiger partial charge in [-0.25, -0.2) is 9.97 Å². The summed E-state index contributed by atoms with van der Waals surface area (Å²) in [6.45, 7) is 4.77. The van der Waals surface area contributed by atoms with Crippen LogP contribution in [0.25, 0.3) is 0 Å². The SMILES string of the molecule is CC(C)c1c(N)ncnc1NCC1CCC(=O)N1. The Labute approximate surface area is 106 Å². The van der Waals surface area contributed by atoms with E-state index in [0.29, 0.717) is 18.8 Å². The number of anilines is 2. The molecular weight excluding hydrogens is 230 g/mol. The summed E-state index contributed by atoms with van der Waals surface area (Å²) in [6.07, 6.45) is 2.93. The fourth-order valence-corrected chi connectivity index (χ4v) is 2.17. The lowest BCUT2D eigenvalue weighted by molar-refractivity contribution is -0.119. The number of hydrogen-bond donors (Lipinski definition) is 3. The highest BCUT2D eigenvalue weighted by Gasteiger charge is 2.21. The summed E-state index contributed by atoms with van der Waals surface area (Å²) in [7, 11) is 0. The van der Waals surface area contributed by atoms with Gasteiger partial charge < -0.3 is 16.4 Å². The molecule has 0 radical (unpaired) electrons. The zero-order valence-corrected chi connectivity index (χ0v) is 10.7. The molecule has 0 aromatic carbocycles. The molecule has 98 valence electrons. The minimum absolute atomic E-state index is 0.119. The highest BCUT2D eigenvalue weighted by atomic mass is 16.1. The molecule has 1 unspecified atom stereocenters. The van der Waals surface area contributed by atoms with Gasteiger partial charge in [-0.05, 0) is 12.3 Å². The number of hydrogen-bond acceptors (Lipinski definition) is 5. The molecule has 6 nitrogen and oxygen atoms in total. The summed E-state index contributed by atoms with van der Waals surface area (Å²) >= 11 is 0. The lowest BCUT2D eigenvalue weighted by atomic mass is 10.0. The Balaban J connectivity index is 2.05. The number of carbonyl (C=O) groups excluding carboxylic acids is 1. The van der Waals surface area contributed by atoms with Gasteiger partial charge in [0.2, 0.25) is 5.91 Å². The van der Waals surface area contributed by atoms with Crippen molar-refractivity contribution in [3.8, 4) is 0 Å². The second-order valence-corrected chi connectivity index (χ2v) is 4.86. The van der Waals surface area contributed by atoms with E-state index in [-0.39, 0.29) is 17.9 Å². The largest absolute Gasteiger partial charge is 0.383 e. The molecule has 0 bridgehead atoms. The van der Waals surface area contributed by atoms with Crippen LogP contribution in [0.1, 0.15) is 38.2 Å². The average Bonchev–Trinajstić information content (AvgIpc) is 2.72. The van der Waals surface area contributed by atoms with Gasteiger partial charge >= 0.3 is 0 Å². The van der Waals surface area contributed by atoms with Crippen LogP contribution < -0.4 is 16.4 Å². The summed E-state index contributed by atoms with van der Waals surface area (Å²) in [6, 6.07) is 0.175. The molecule has 1 atom stereocenters. The predicted octanol–water partition coefficient (Wildman–Crippen LogP) is 0.873. The Morgan fingerprint density at radius 1 is 1.56 bits per heavy atom. The van der Waals surface area contributed by atoms with E-state index in [1.807, 2.05) is 0 Å². The van der Waals surface area contributed by atoms with Crippen LogP contribution in [-0.2, 0) is 4.79 Å². The Morgan fingerprint density at radius 3 is 2.94 bits per heavy atom. The van der Waals surface area contributed by atoms with E-state index < -0.39 is 0 Å². The quantitative estimate of drug-likeness (QED) is 0.736. The van der Waals surface area contributed by atoms with Crippen molar-refractivity contribution in [1.29, 1.82) is 0 Å². The van der Waals surface area contributed by atoms with Crippen LogP contribution in [0, 0.1) is 0 Å². The molecule has 1 saturated heterocycles. The first kappa shape index (κ1) is 12.6. The molecule has 0 aliphatic carbocycles. The van der Waals surface area contributed by atoms with Crippen LogP contribution in [-0.4, -0.2) is 28.5 Å². The normalized spacial score (nSPS) is 19.1. The first-order valence-corrected chi connectivity index (χ1v) is 6.21. The van der Waals surface area contributed by atoms with Gasteiger partial charge in [0.15, 0.2) is 0 Å². The second-order valence-electron chi connectivity index (χ2n) is 4.86. The van der Waals surface area contributed by atoms with Crippen LogP contribution in [0.4, 0.5) is 11.6 Å². The molecular formula is C12H19N5O. The van der Waals surface area contributed by atoms with Crippen molar-refractivity contribution in [2.75, 3.05) is 17.6 Å². The molecule has 1 fully saturated rings. The van der Waals surface area contributed by atoms with Crippen LogP contribution in [0.5, 0.6) is 0 Å². The summed E-state index contributed by atoms with van der Waals surface area (Å²) in [5, 5.41) is 6.16. The maximum Gasteiger partial charge on any atom is 0.220 e. The highest BCUT2D eigenvalue weighted by Crippen LogP contribution is 2.26. The van der Waals surface area contributed by atoms with Gasteiger partial charge in [-0.15, -0.1) is 0 Å². The van der Waals surface area contributed by atoms with Crippen molar-refractivity contribution in [1.82, 2.24) is 15.3 Å². The number of nitrogens with one attached hydrogen (secondary N) is 2. The van der Waals surface area contributed by atoms with Gasteiger partial charge in [0.25, 0.3) is 0 Å². The van der Waals surface area contributed by atoms with Gasteiger partial charge in [-0.2, -0.15) is 0 Å². The topological polar surface area (TPSA) is 92.9 Å². The van der Waals surface area contributed by atoms with Crippen molar-refractivity contribution in [2.45, 2.75) is 38.6 Å². The molecule has 6 heteroatoms.